The quantitative estimate of drug-likeness (QED) is 0.373. The van der Waals surface area contributed by atoms with E-state index < -0.39 is 0 Å². The third-order valence-electron chi connectivity index (χ3n) is 6.48. The van der Waals surface area contributed by atoms with Crippen LogP contribution in [0.1, 0.15) is 21.5 Å². The van der Waals surface area contributed by atoms with Gasteiger partial charge in [0.25, 0.3) is 5.91 Å². The molecule has 0 N–H and O–H groups in total. The van der Waals surface area contributed by atoms with Crippen molar-refractivity contribution in [1.82, 2.24) is 14.8 Å². The summed E-state index contributed by atoms with van der Waals surface area (Å²) >= 11 is 0. The molecule has 0 radical (unpaired) electrons. The maximum absolute atomic E-state index is 14.5. The average molecular weight is 466 g/mol. The second kappa shape index (κ2) is 10.2. The monoisotopic (exact) mass is 465 g/mol. The maximum atomic E-state index is 14.5. The Balaban J connectivity index is 1.35. The fourth-order valence-electron chi connectivity index (χ4n) is 4.53. The summed E-state index contributed by atoms with van der Waals surface area (Å²) in [7, 11) is 0. The lowest BCUT2D eigenvalue weighted by Crippen LogP contribution is -2.48. The highest BCUT2D eigenvalue weighted by Gasteiger charge is 2.24. The highest BCUT2D eigenvalue weighted by atomic mass is 19.1. The molecule has 0 saturated carbocycles. The first kappa shape index (κ1) is 22.9. The molecule has 176 valence electrons. The molecule has 35 heavy (non-hydrogen) atoms. The van der Waals surface area contributed by atoms with E-state index in [2.05, 4.69) is 34.2 Å². The Morgan fingerprint density at radius 1 is 0.943 bits per heavy atom. The lowest BCUT2D eigenvalue weighted by Gasteiger charge is -2.34. The van der Waals surface area contributed by atoms with Crippen LogP contribution in [0.2, 0.25) is 0 Å². The van der Waals surface area contributed by atoms with Crippen molar-refractivity contribution in [2.45, 2.75) is 6.92 Å². The van der Waals surface area contributed by atoms with Gasteiger partial charge in [0.1, 0.15) is 5.82 Å². The van der Waals surface area contributed by atoms with Gasteiger partial charge in [0.15, 0.2) is 0 Å². The zero-order valence-electron chi connectivity index (χ0n) is 19.8. The fraction of sp³-hybridized carbons (Fsp3) is 0.200. The number of pyridine rings is 1. The van der Waals surface area contributed by atoms with E-state index in [-0.39, 0.29) is 11.7 Å². The molecule has 0 spiro atoms. The van der Waals surface area contributed by atoms with Crippen molar-refractivity contribution in [3.63, 3.8) is 0 Å². The number of rotatable bonds is 5. The summed E-state index contributed by atoms with van der Waals surface area (Å²) in [4.78, 5) is 22.6. The SMILES string of the molecule is Cc1ccc2nc(-c3ccccc3F)cc(C(=O)N3CCN(CC=Cc4ccccc4)CC3)c2c1. The van der Waals surface area contributed by atoms with E-state index in [1.54, 1.807) is 24.3 Å². The molecule has 4 aromatic rings. The predicted octanol–water partition coefficient (Wildman–Crippen LogP) is 5.82. The van der Waals surface area contributed by atoms with Gasteiger partial charge in [-0.2, -0.15) is 0 Å². The van der Waals surface area contributed by atoms with Crippen LogP contribution in [0.3, 0.4) is 0 Å². The third-order valence-corrected chi connectivity index (χ3v) is 6.48. The van der Waals surface area contributed by atoms with E-state index in [0.717, 1.165) is 30.6 Å². The Labute approximate surface area is 205 Å². The summed E-state index contributed by atoms with van der Waals surface area (Å²) in [6.07, 6.45) is 4.31. The number of halogens is 1. The van der Waals surface area contributed by atoms with Crippen molar-refractivity contribution in [2.24, 2.45) is 0 Å². The second-order valence-corrected chi connectivity index (χ2v) is 8.96. The Hall–Kier alpha value is -3.83. The van der Waals surface area contributed by atoms with Crippen LogP contribution in [0.15, 0.2) is 84.9 Å². The summed E-state index contributed by atoms with van der Waals surface area (Å²) in [5.41, 5.74) is 4.40. The number of hydrogen-bond donors (Lipinski definition) is 0. The standard InChI is InChI=1S/C30H28FN3O/c1-22-13-14-28-25(20-22)26(21-29(32-28)24-11-5-6-12-27(24)31)30(35)34-18-16-33(17-19-34)15-7-10-23-8-3-2-4-9-23/h2-14,20-21H,15-19H2,1H3. The first-order valence-electron chi connectivity index (χ1n) is 12.0. The normalized spacial score (nSPS) is 14.6. The minimum atomic E-state index is -0.345. The number of carbonyl (C=O) groups is 1. The van der Waals surface area contributed by atoms with Crippen molar-refractivity contribution in [2.75, 3.05) is 32.7 Å². The molecule has 1 aromatic heterocycles. The van der Waals surface area contributed by atoms with E-state index in [4.69, 9.17) is 0 Å². The Kier molecular flexibility index (Phi) is 6.68. The van der Waals surface area contributed by atoms with Gasteiger partial charge >= 0.3 is 0 Å². The third kappa shape index (κ3) is 5.15. The number of hydrogen-bond acceptors (Lipinski definition) is 3. The van der Waals surface area contributed by atoms with Crippen LogP contribution in [-0.4, -0.2) is 53.4 Å². The summed E-state index contributed by atoms with van der Waals surface area (Å²) in [6, 6.07) is 24.4. The lowest BCUT2D eigenvalue weighted by molar-refractivity contribution is 0.0652. The van der Waals surface area contributed by atoms with Crippen molar-refractivity contribution < 1.29 is 9.18 Å². The molecule has 2 heterocycles. The van der Waals surface area contributed by atoms with Crippen LogP contribution in [0.25, 0.3) is 28.2 Å². The zero-order chi connectivity index (χ0) is 24.2. The van der Waals surface area contributed by atoms with Gasteiger partial charge in [-0.05, 0) is 42.8 Å². The van der Waals surface area contributed by atoms with Gasteiger partial charge in [-0.3, -0.25) is 9.69 Å². The Bertz CT molecular complexity index is 1380. The molecule has 1 aliphatic rings. The van der Waals surface area contributed by atoms with Gasteiger partial charge in [0, 0.05) is 43.7 Å². The van der Waals surface area contributed by atoms with Gasteiger partial charge < -0.3 is 4.90 Å². The molecule has 1 saturated heterocycles. The number of nitrogens with zero attached hydrogens (tertiary/aromatic N) is 3. The van der Waals surface area contributed by atoms with Gasteiger partial charge in [-0.15, -0.1) is 0 Å². The smallest absolute Gasteiger partial charge is 0.254 e. The summed E-state index contributed by atoms with van der Waals surface area (Å²) in [5, 5.41) is 0.809. The fourth-order valence-corrected chi connectivity index (χ4v) is 4.53. The lowest BCUT2D eigenvalue weighted by atomic mass is 10.0. The maximum Gasteiger partial charge on any atom is 0.254 e. The topological polar surface area (TPSA) is 36.4 Å². The van der Waals surface area contributed by atoms with E-state index >= 15 is 0 Å². The number of aryl methyl sites for hydroxylation is 1. The van der Waals surface area contributed by atoms with E-state index in [1.165, 1.54) is 11.6 Å². The van der Waals surface area contributed by atoms with Crippen LogP contribution in [0.4, 0.5) is 4.39 Å². The van der Waals surface area contributed by atoms with E-state index in [0.29, 0.717) is 35.4 Å². The van der Waals surface area contributed by atoms with Crippen molar-refractivity contribution in [3.8, 4) is 11.3 Å². The second-order valence-electron chi connectivity index (χ2n) is 8.96. The summed E-state index contributed by atoms with van der Waals surface area (Å²) in [5.74, 6) is -0.373. The molecule has 4 nitrogen and oxygen atoms in total. The molecule has 0 unspecified atom stereocenters. The van der Waals surface area contributed by atoms with Gasteiger partial charge in [-0.1, -0.05) is 66.2 Å². The van der Waals surface area contributed by atoms with E-state index in [1.807, 2.05) is 48.2 Å². The Morgan fingerprint density at radius 3 is 2.46 bits per heavy atom. The van der Waals surface area contributed by atoms with Crippen molar-refractivity contribution in [3.05, 3.63) is 107 Å². The molecular formula is C30H28FN3O. The number of benzene rings is 3. The highest BCUT2D eigenvalue weighted by molar-refractivity contribution is 6.07. The number of carbonyl (C=O) groups excluding carboxylic acids is 1. The predicted molar refractivity (Wildman–Crippen MR) is 140 cm³/mol. The molecule has 5 heteroatoms. The first-order chi connectivity index (χ1) is 17.1. The average Bonchev–Trinajstić information content (AvgIpc) is 2.89. The van der Waals surface area contributed by atoms with Crippen LogP contribution in [-0.2, 0) is 0 Å². The first-order valence-corrected chi connectivity index (χ1v) is 12.0. The van der Waals surface area contributed by atoms with Crippen LogP contribution in [0, 0.1) is 12.7 Å². The van der Waals surface area contributed by atoms with Crippen LogP contribution in [0.5, 0.6) is 0 Å². The van der Waals surface area contributed by atoms with Gasteiger partial charge in [0.2, 0.25) is 0 Å². The minimum absolute atomic E-state index is 0.0277. The zero-order valence-corrected chi connectivity index (χ0v) is 19.8. The largest absolute Gasteiger partial charge is 0.336 e. The molecule has 0 atom stereocenters. The molecule has 1 aliphatic heterocycles. The molecule has 3 aromatic carbocycles. The summed E-state index contributed by atoms with van der Waals surface area (Å²) < 4.78 is 14.5. The highest BCUT2D eigenvalue weighted by Crippen LogP contribution is 2.28. The molecule has 0 bridgehead atoms. The number of aromatic nitrogens is 1. The Morgan fingerprint density at radius 2 is 1.69 bits per heavy atom. The molecule has 0 aliphatic carbocycles. The molecule has 5 rings (SSSR count). The van der Waals surface area contributed by atoms with Crippen LogP contribution >= 0.6 is 0 Å². The van der Waals surface area contributed by atoms with Crippen molar-refractivity contribution in [1.29, 1.82) is 0 Å². The molecule has 1 amide bonds. The molecular weight excluding hydrogens is 437 g/mol. The van der Waals surface area contributed by atoms with Crippen molar-refractivity contribution >= 4 is 22.9 Å². The van der Waals surface area contributed by atoms with Gasteiger partial charge in [-0.25, -0.2) is 9.37 Å². The minimum Gasteiger partial charge on any atom is -0.336 e. The summed E-state index contributed by atoms with van der Waals surface area (Å²) in [6.45, 7) is 5.79. The number of piperazine rings is 1. The van der Waals surface area contributed by atoms with Gasteiger partial charge in [0.05, 0.1) is 16.8 Å². The van der Waals surface area contributed by atoms with E-state index in [9.17, 15) is 9.18 Å². The number of fused-ring (bicyclic) bond motifs is 1. The van der Waals surface area contributed by atoms with Crippen LogP contribution < -0.4 is 0 Å². The molecule has 1 fully saturated rings. The number of amides is 1.